The molecule has 1 aromatic rings. The number of aliphatic carboxylic acids is 1. The van der Waals surface area contributed by atoms with E-state index in [4.69, 9.17) is 20.0 Å². The maximum absolute atomic E-state index is 12.8. The minimum Gasteiger partial charge on any atom is -0.544 e. The molecule has 3 atom stereocenters. The van der Waals surface area contributed by atoms with E-state index in [1.807, 2.05) is 0 Å². The third-order valence-corrected chi connectivity index (χ3v) is 5.15. The number of carbonyl (C=O) groups is 4. The number of hydroxylamine groups is 2. The van der Waals surface area contributed by atoms with Crippen molar-refractivity contribution in [2.75, 3.05) is 33.2 Å². The van der Waals surface area contributed by atoms with Crippen molar-refractivity contribution < 1.29 is 73.0 Å². The molecule has 0 bridgehead atoms. The second kappa shape index (κ2) is 10.5. The van der Waals surface area contributed by atoms with Gasteiger partial charge in [0.1, 0.15) is 31.4 Å². The SMILES string of the molecule is COCC1CC(C(=O)[O-])(N2OC[C@H](NC(=O)/C(=N\OC)c3csc(N)n3)C2=O)OC1=O.[Na+]. The average Bonchev–Trinajstić information content (AvgIpc) is 3.39. The van der Waals surface area contributed by atoms with E-state index in [1.165, 1.54) is 19.6 Å². The van der Waals surface area contributed by atoms with Gasteiger partial charge < -0.3 is 35.3 Å². The van der Waals surface area contributed by atoms with E-state index in [0.29, 0.717) is 5.06 Å². The summed E-state index contributed by atoms with van der Waals surface area (Å²) in [6.45, 7) is -0.546. The number of hydrogen-bond acceptors (Lipinski definition) is 13. The molecule has 3 heterocycles. The standard InChI is InChI=1S/C16H19N5O9S.Na/c1-27-4-7-3-16(14(25)26,30-13(7)24)21-12(23)8(5-29-21)18-11(22)10(20-28-2)9-6-31-15(17)19-9;/h6-8H,3-5H2,1-2H3,(H2,17,19)(H,18,22)(H,25,26);/q;+1/p-1/b20-10-;/t7?,8-,16?;/m0./s1. The number of amides is 2. The molecule has 2 aliphatic rings. The summed E-state index contributed by atoms with van der Waals surface area (Å²) in [4.78, 5) is 63.0. The van der Waals surface area contributed by atoms with Crippen LogP contribution in [0.4, 0.5) is 5.13 Å². The molecule has 3 N–H and O–H groups in total. The van der Waals surface area contributed by atoms with Crippen molar-refractivity contribution in [2.45, 2.75) is 18.2 Å². The second-order valence-corrected chi connectivity index (χ2v) is 7.39. The van der Waals surface area contributed by atoms with Crippen molar-refractivity contribution in [3.05, 3.63) is 11.1 Å². The van der Waals surface area contributed by atoms with Gasteiger partial charge in [-0.15, -0.1) is 11.3 Å². The van der Waals surface area contributed by atoms with Gasteiger partial charge in [0.15, 0.2) is 10.8 Å². The molecule has 16 heteroatoms. The minimum atomic E-state index is -2.48. The Balaban J connectivity index is 0.00000363. The van der Waals surface area contributed by atoms with Gasteiger partial charge in [-0.2, -0.15) is 5.06 Å². The van der Waals surface area contributed by atoms with Crippen LogP contribution in [0, 0.1) is 5.92 Å². The van der Waals surface area contributed by atoms with Crippen molar-refractivity contribution in [2.24, 2.45) is 11.1 Å². The summed E-state index contributed by atoms with van der Waals surface area (Å²) >= 11 is 1.06. The normalized spacial score (nSPS) is 25.3. The van der Waals surface area contributed by atoms with Gasteiger partial charge in [-0.1, -0.05) is 5.16 Å². The first-order valence-corrected chi connectivity index (χ1v) is 9.65. The van der Waals surface area contributed by atoms with Gasteiger partial charge in [-0.05, 0) is 0 Å². The third-order valence-electron chi connectivity index (χ3n) is 4.48. The summed E-state index contributed by atoms with van der Waals surface area (Å²) < 4.78 is 9.83. The van der Waals surface area contributed by atoms with Crippen molar-refractivity contribution in [1.29, 1.82) is 0 Å². The van der Waals surface area contributed by atoms with E-state index in [0.717, 1.165) is 11.3 Å². The number of rotatable bonds is 8. The number of oxime groups is 1. The number of thiazole rings is 1. The number of cyclic esters (lactones) is 1. The maximum Gasteiger partial charge on any atom is 1.00 e. The molecule has 2 unspecified atom stereocenters. The van der Waals surface area contributed by atoms with Gasteiger partial charge in [0, 0.05) is 18.9 Å². The number of aromatic nitrogens is 1. The Labute approximate surface area is 207 Å². The number of ether oxygens (including phenoxy) is 2. The quantitative estimate of drug-likeness (QED) is 0.156. The molecule has 14 nitrogen and oxygen atoms in total. The number of nitrogens with two attached hydrogens (primary N) is 1. The van der Waals surface area contributed by atoms with E-state index >= 15 is 0 Å². The van der Waals surface area contributed by atoms with Crippen LogP contribution < -0.4 is 45.7 Å². The summed E-state index contributed by atoms with van der Waals surface area (Å²) in [5, 5.41) is 19.8. The Bertz CT molecular complexity index is 941. The summed E-state index contributed by atoms with van der Waals surface area (Å²) in [7, 11) is 2.54. The van der Waals surface area contributed by atoms with Crippen LogP contribution >= 0.6 is 11.3 Å². The van der Waals surface area contributed by atoms with E-state index in [9.17, 15) is 24.3 Å². The smallest absolute Gasteiger partial charge is 0.544 e. The molecule has 0 saturated carbocycles. The molecule has 1 aromatic heterocycles. The number of esters is 1. The van der Waals surface area contributed by atoms with Gasteiger partial charge in [-0.3, -0.25) is 19.2 Å². The van der Waals surface area contributed by atoms with Crippen LogP contribution in [0.3, 0.4) is 0 Å². The monoisotopic (exact) mass is 479 g/mol. The van der Waals surface area contributed by atoms with Gasteiger partial charge in [0.25, 0.3) is 17.5 Å². The molecular weight excluding hydrogens is 461 g/mol. The number of nitrogen functional groups attached to an aromatic ring is 1. The zero-order chi connectivity index (χ0) is 22.8. The number of carbonyl (C=O) groups excluding carboxylic acids is 4. The first-order valence-electron chi connectivity index (χ1n) is 8.77. The number of anilines is 1. The molecule has 0 spiro atoms. The summed E-state index contributed by atoms with van der Waals surface area (Å²) in [6, 6.07) is -1.30. The zero-order valence-corrected chi connectivity index (χ0v) is 20.2. The fourth-order valence-corrected chi connectivity index (χ4v) is 3.65. The van der Waals surface area contributed by atoms with E-state index in [-0.39, 0.29) is 52.7 Å². The van der Waals surface area contributed by atoms with E-state index < -0.39 is 54.5 Å². The second-order valence-electron chi connectivity index (χ2n) is 6.50. The van der Waals surface area contributed by atoms with Crippen LogP contribution in [0.1, 0.15) is 12.1 Å². The van der Waals surface area contributed by atoms with Gasteiger partial charge in [0.2, 0.25) is 0 Å². The van der Waals surface area contributed by atoms with Crippen LogP contribution in [0.2, 0.25) is 0 Å². The van der Waals surface area contributed by atoms with Crippen molar-refractivity contribution >= 4 is 45.9 Å². The number of methoxy groups -OCH3 is 1. The van der Waals surface area contributed by atoms with Crippen LogP contribution in [0.25, 0.3) is 0 Å². The van der Waals surface area contributed by atoms with Gasteiger partial charge in [0.05, 0.1) is 12.5 Å². The summed E-state index contributed by atoms with van der Waals surface area (Å²) in [6.07, 6.45) is -0.442. The number of hydrogen-bond donors (Lipinski definition) is 2. The molecular formula is C16H18N5NaO9S. The fourth-order valence-electron chi connectivity index (χ4n) is 3.10. The maximum atomic E-state index is 12.8. The molecule has 168 valence electrons. The Morgan fingerprint density at radius 1 is 1.47 bits per heavy atom. The van der Waals surface area contributed by atoms with Crippen molar-refractivity contribution in [3.63, 3.8) is 0 Å². The Morgan fingerprint density at radius 3 is 2.75 bits per heavy atom. The first kappa shape index (κ1) is 26.0. The van der Waals surface area contributed by atoms with Gasteiger partial charge in [-0.25, -0.2) is 4.98 Å². The Kier molecular flexibility index (Phi) is 8.55. The average molecular weight is 479 g/mol. The van der Waals surface area contributed by atoms with Gasteiger partial charge >= 0.3 is 35.5 Å². The minimum absolute atomic E-state index is 0. The fraction of sp³-hybridized carbons (Fsp3) is 0.500. The van der Waals surface area contributed by atoms with E-state index in [1.54, 1.807) is 0 Å². The van der Waals surface area contributed by atoms with Crippen molar-refractivity contribution in [3.8, 4) is 0 Å². The molecule has 2 amide bonds. The molecule has 0 radical (unpaired) electrons. The van der Waals surface area contributed by atoms with Crippen LogP contribution in [0.5, 0.6) is 0 Å². The van der Waals surface area contributed by atoms with Crippen molar-refractivity contribution in [1.82, 2.24) is 15.4 Å². The van der Waals surface area contributed by atoms with Crippen LogP contribution in [-0.4, -0.2) is 78.7 Å². The largest absolute Gasteiger partial charge is 1.00 e. The molecule has 2 saturated heterocycles. The van der Waals surface area contributed by atoms with E-state index in [2.05, 4.69) is 20.3 Å². The molecule has 2 aliphatic heterocycles. The Morgan fingerprint density at radius 2 is 2.19 bits per heavy atom. The predicted molar refractivity (Wildman–Crippen MR) is 98.6 cm³/mol. The molecule has 32 heavy (non-hydrogen) atoms. The third kappa shape index (κ3) is 4.87. The number of carboxylic acids is 1. The molecule has 0 aromatic carbocycles. The molecule has 3 rings (SSSR count). The topological polar surface area (TPSA) is 195 Å². The van der Waals surface area contributed by atoms with Crippen LogP contribution in [0.15, 0.2) is 10.5 Å². The summed E-state index contributed by atoms with van der Waals surface area (Å²) in [5.41, 5.74) is 2.93. The number of nitrogens with one attached hydrogen (secondary N) is 1. The van der Waals surface area contributed by atoms with Crippen LogP contribution in [-0.2, 0) is 38.3 Å². The zero-order valence-electron chi connectivity index (χ0n) is 17.4. The predicted octanol–water partition coefficient (Wildman–Crippen LogP) is -6.01. The molecule has 0 aliphatic carbocycles. The first-order chi connectivity index (χ1) is 14.7. The Hall–Kier alpha value is -2.30. The summed E-state index contributed by atoms with van der Waals surface area (Å²) in [5.74, 6) is -5.48. The number of nitrogens with zero attached hydrogens (tertiary/aromatic N) is 3. The number of carboxylic acid groups (broad SMARTS) is 1. The molecule has 2 fully saturated rings.